The lowest BCUT2D eigenvalue weighted by molar-refractivity contribution is 0.0636. The summed E-state index contributed by atoms with van der Waals surface area (Å²) in [6.45, 7) is 2.01. The Morgan fingerprint density at radius 3 is 2.11 bits per heavy atom. The van der Waals surface area contributed by atoms with Crippen molar-refractivity contribution in [1.82, 2.24) is 19.8 Å². The smallest absolute Gasteiger partial charge is 0.0494 e. The monoisotopic (exact) mass is 422 g/mol. The maximum atomic E-state index is 3.57. The van der Waals surface area contributed by atoms with E-state index >= 15 is 0 Å². The molecule has 2 N–H and O–H groups in total. The molecule has 5 heteroatoms. The molecule has 3 heterocycles. The van der Waals surface area contributed by atoms with Gasteiger partial charge in [-0.2, -0.15) is 0 Å². The number of hydrogen-bond donors (Lipinski definition) is 2. The quantitative estimate of drug-likeness (QED) is 0.473. The molecule has 138 valence electrons. The van der Waals surface area contributed by atoms with Crippen molar-refractivity contribution in [3.05, 3.63) is 70.5 Å². The highest BCUT2D eigenvalue weighted by molar-refractivity contribution is 9.10. The van der Waals surface area contributed by atoms with Gasteiger partial charge in [-0.3, -0.25) is 9.80 Å². The first kappa shape index (κ1) is 17.0. The number of halogens is 1. The minimum atomic E-state index is 0.381. The molecule has 4 aromatic rings. The predicted octanol–water partition coefficient (Wildman–Crippen LogP) is 5.07. The molecule has 1 saturated heterocycles. The number of fused-ring (bicyclic) bond motifs is 2. The third-order valence-electron chi connectivity index (χ3n) is 6.00. The molecular formula is C22H23BrN4. The molecule has 2 aromatic carbocycles. The number of para-hydroxylation sites is 1. The summed E-state index contributed by atoms with van der Waals surface area (Å²) in [6, 6.07) is 15.8. The fourth-order valence-electron chi connectivity index (χ4n) is 4.52. The normalized spacial score (nSPS) is 22.0. The zero-order valence-electron chi connectivity index (χ0n) is 15.5. The molecule has 0 spiro atoms. The number of nitrogens with one attached hydrogen (secondary N) is 2. The van der Waals surface area contributed by atoms with Gasteiger partial charge in [0, 0.05) is 63.8 Å². The molecule has 0 bridgehead atoms. The van der Waals surface area contributed by atoms with E-state index in [0.29, 0.717) is 12.1 Å². The van der Waals surface area contributed by atoms with Gasteiger partial charge in [-0.05, 0) is 43.4 Å². The Kier molecular flexibility index (Phi) is 4.11. The molecule has 5 rings (SSSR count). The van der Waals surface area contributed by atoms with Gasteiger partial charge < -0.3 is 9.97 Å². The van der Waals surface area contributed by atoms with Crippen LogP contribution in [0.2, 0.25) is 0 Å². The van der Waals surface area contributed by atoms with E-state index in [4.69, 9.17) is 0 Å². The van der Waals surface area contributed by atoms with E-state index in [9.17, 15) is 0 Å². The molecule has 0 aliphatic carbocycles. The Bertz CT molecular complexity index is 1110. The van der Waals surface area contributed by atoms with E-state index in [0.717, 1.165) is 17.6 Å². The van der Waals surface area contributed by atoms with Crippen LogP contribution in [0.25, 0.3) is 21.8 Å². The van der Waals surface area contributed by atoms with Crippen molar-refractivity contribution in [2.45, 2.75) is 12.1 Å². The summed E-state index contributed by atoms with van der Waals surface area (Å²) in [5.74, 6) is 0. The first-order valence-electron chi connectivity index (χ1n) is 9.35. The first-order valence-corrected chi connectivity index (χ1v) is 10.1. The molecule has 2 unspecified atom stereocenters. The zero-order valence-corrected chi connectivity index (χ0v) is 17.1. The molecule has 0 radical (unpaired) electrons. The molecular weight excluding hydrogens is 400 g/mol. The average Bonchev–Trinajstić information content (AvgIpc) is 3.27. The van der Waals surface area contributed by atoms with E-state index in [-0.39, 0.29) is 0 Å². The van der Waals surface area contributed by atoms with Crippen LogP contribution in [0.3, 0.4) is 0 Å². The van der Waals surface area contributed by atoms with Gasteiger partial charge in [0.25, 0.3) is 0 Å². The maximum absolute atomic E-state index is 3.57. The number of piperazine rings is 1. The van der Waals surface area contributed by atoms with Crippen LogP contribution in [0.5, 0.6) is 0 Å². The van der Waals surface area contributed by atoms with Gasteiger partial charge in [-0.15, -0.1) is 0 Å². The van der Waals surface area contributed by atoms with Crippen LogP contribution in [-0.2, 0) is 0 Å². The first-order chi connectivity index (χ1) is 13.1. The van der Waals surface area contributed by atoms with Crippen LogP contribution in [-0.4, -0.2) is 47.0 Å². The second-order valence-corrected chi connectivity index (χ2v) is 8.55. The highest BCUT2D eigenvalue weighted by atomic mass is 79.9. The summed E-state index contributed by atoms with van der Waals surface area (Å²) < 4.78 is 1.11. The van der Waals surface area contributed by atoms with Gasteiger partial charge in [0.1, 0.15) is 0 Å². The molecule has 1 aliphatic heterocycles. The van der Waals surface area contributed by atoms with Crippen molar-refractivity contribution in [3.8, 4) is 0 Å². The Labute approximate surface area is 167 Å². The van der Waals surface area contributed by atoms with Crippen molar-refractivity contribution in [1.29, 1.82) is 0 Å². The van der Waals surface area contributed by atoms with Gasteiger partial charge in [-0.1, -0.05) is 40.2 Å². The lowest BCUT2D eigenvalue weighted by Gasteiger charge is -2.43. The van der Waals surface area contributed by atoms with Crippen LogP contribution in [0.4, 0.5) is 0 Å². The summed E-state index contributed by atoms with van der Waals surface area (Å²) in [5, 5.41) is 2.65. The zero-order chi connectivity index (χ0) is 18.5. The average molecular weight is 423 g/mol. The molecule has 1 aliphatic rings. The van der Waals surface area contributed by atoms with Gasteiger partial charge in [0.2, 0.25) is 0 Å². The number of hydrogen-bond acceptors (Lipinski definition) is 2. The van der Waals surface area contributed by atoms with Gasteiger partial charge in [0.15, 0.2) is 0 Å². The largest absolute Gasteiger partial charge is 0.361 e. The molecule has 2 aromatic heterocycles. The molecule has 0 amide bonds. The van der Waals surface area contributed by atoms with Gasteiger partial charge >= 0.3 is 0 Å². The molecule has 1 fully saturated rings. The van der Waals surface area contributed by atoms with Crippen LogP contribution in [0, 0.1) is 0 Å². The maximum Gasteiger partial charge on any atom is 0.0494 e. The van der Waals surface area contributed by atoms with Crippen molar-refractivity contribution >= 4 is 37.7 Å². The highest BCUT2D eigenvalue weighted by Gasteiger charge is 2.33. The Balaban J connectivity index is 1.48. The second kappa shape index (κ2) is 6.51. The van der Waals surface area contributed by atoms with Crippen molar-refractivity contribution in [2.24, 2.45) is 0 Å². The standard InChI is InChI=1S/C22H23BrN4/c1-26-13-22(18-11-25-20-9-14(23)7-8-16(18)20)27(2)12-21(26)17-10-24-19-6-4-3-5-15(17)19/h3-11,21-22,24-25H,12-13H2,1-2H3. The third kappa shape index (κ3) is 2.81. The number of H-pyrrole nitrogens is 2. The van der Waals surface area contributed by atoms with Crippen molar-refractivity contribution in [2.75, 3.05) is 27.2 Å². The summed E-state index contributed by atoms with van der Waals surface area (Å²) in [4.78, 5) is 11.9. The topological polar surface area (TPSA) is 38.1 Å². The number of benzene rings is 2. The minimum absolute atomic E-state index is 0.381. The summed E-state index contributed by atoms with van der Waals surface area (Å²) >= 11 is 3.57. The van der Waals surface area contributed by atoms with Crippen LogP contribution < -0.4 is 0 Å². The number of rotatable bonds is 2. The van der Waals surface area contributed by atoms with E-state index < -0.39 is 0 Å². The second-order valence-electron chi connectivity index (χ2n) is 7.63. The summed E-state index contributed by atoms with van der Waals surface area (Å²) in [6.07, 6.45) is 4.36. The lowest BCUT2D eigenvalue weighted by atomic mass is 9.96. The van der Waals surface area contributed by atoms with Gasteiger partial charge in [-0.25, -0.2) is 0 Å². The fraction of sp³-hybridized carbons (Fsp3) is 0.273. The number of aromatic nitrogens is 2. The summed E-state index contributed by atoms with van der Waals surface area (Å²) in [5.41, 5.74) is 5.17. The molecule has 27 heavy (non-hydrogen) atoms. The molecule has 2 atom stereocenters. The SMILES string of the molecule is CN1CC(c2c[nH]c3cc(Br)ccc23)N(C)CC1c1c[nH]c2ccccc12. The highest BCUT2D eigenvalue weighted by Crippen LogP contribution is 2.37. The van der Waals surface area contributed by atoms with E-state index in [1.54, 1.807) is 0 Å². The number of nitrogens with zero attached hydrogens (tertiary/aromatic N) is 2. The van der Waals surface area contributed by atoms with Crippen LogP contribution in [0.15, 0.2) is 59.3 Å². The Hall–Kier alpha value is -2.08. The van der Waals surface area contributed by atoms with Gasteiger partial charge in [0.05, 0.1) is 0 Å². The molecule has 4 nitrogen and oxygen atoms in total. The van der Waals surface area contributed by atoms with Crippen LogP contribution >= 0.6 is 15.9 Å². The van der Waals surface area contributed by atoms with E-state index in [1.165, 1.54) is 32.9 Å². The van der Waals surface area contributed by atoms with E-state index in [2.05, 4.69) is 105 Å². The predicted molar refractivity (Wildman–Crippen MR) is 115 cm³/mol. The minimum Gasteiger partial charge on any atom is -0.361 e. The Morgan fingerprint density at radius 1 is 0.815 bits per heavy atom. The number of likely N-dealkylation sites (N-methyl/N-ethyl adjacent to an activating group) is 2. The van der Waals surface area contributed by atoms with Crippen molar-refractivity contribution < 1.29 is 0 Å². The Morgan fingerprint density at radius 2 is 1.41 bits per heavy atom. The molecule has 0 saturated carbocycles. The third-order valence-corrected chi connectivity index (χ3v) is 6.49. The van der Waals surface area contributed by atoms with Crippen molar-refractivity contribution in [3.63, 3.8) is 0 Å². The lowest BCUT2D eigenvalue weighted by Crippen LogP contribution is -2.46. The van der Waals surface area contributed by atoms with Crippen LogP contribution in [0.1, 0.15) is 23.2 Å². The number of aromatic amines is 2. The summed E-state index contributed by atoms with van der Waals surface area (Å²) in [7, 11) is 4.50. The fourth-order valence-corrected chi connectivity index (χ4v) is 4.88. The van der Waals surface area contributed by atoms with E-state index in [1.807, 2.05) is 0 Å².